The first-order valence-electron chi connectivity index (χ1n) is 10.8. The first-order valence-corrected chi connectivity index (χ1v) is 10.8. The summed E-state index contributed by atoms with van der Waals surface area (Å²) in [4.78, 5) is 35.0. The first kappa shape index (κ1) is 20.9. The lowest BCUT2D eigenvalue weighted by Crippen LogP contribution is -2.49. The number of carbonyl (C=O) groups is 1. The molecule has 5 rings (SSSR count). The van der Waals surface area contributed by atoms with Crippen molar-refractivity contribution in [2.24, 2.45) is 0 Å². The Morgan fingerprint density at radius 2 is 1.82 bits per heavy atom. The molecule has 4 aromatic rings. The molecule has 0 atom stereocenters. The van der Waals surface area contributed by atoms with Gasteiger partial charge in [-0.3, -0.25) is 9.59 Å². The summed E-state index contributed by atoms with van der Waals surface area (Å²) in [5.41, 5.74) is 1.19. The van der Waals surface area contributed by atoms with Crippen molar-refractivity contribution in [3.8, 4) is 0 Å². The van der Waals surface area contributed by atoms with Crippen molar-refractivity contribution in [2.75, 3.05) is 31.1 Å². The SMILES string of the molecule is Cc1oc2ccn(Cc3ccc(F)cc3)c(=O)c2c1C(=O)N1CCN(c2ccccn2)CC1. The molecule has 1 fully saturated rings. The Morgan fingerprint density at radius 1 is 1.06 bits per heavy atom. The molecular weight excluding hydrogens is 423 g/mol. The van der Waals surface area contributed by atoms with Crippen LogP contribution in [0.25, 0.3) is 11.0 Å². The highest BCUT2D eigenvalue weighted by molar-refractivity contribution is 6.07. The number of rotatable bonds is 4. The summed E-state index contributed by atoms with van der Waals surface area (Å²) in [6.07, 6.45) is 3.39. The fourth-order valence-electron chi connectivity index (χ4n) is 4.27. The minimum Gasteiger partial charge on any atom is -0.460 e. The lowest BCUT2D eigenvalue weighted by molar-refractivity contribution is 0.0746. The molecule has 0 N–H and O–H groups in total. The third kappa shape index (κ3) is 4.00. The number of piperazine rings is 1. The number of halogens is 1. The number of aryl methyl sites for hydroxylation is 1. The molecule has 7 nitrogen and oxygen atoms in total. The Hall–Kier alpha value is -3.94. The van der Waals surface area contributed by atoms with Crippen LogP contribution in [0.3, 0.4) is 0 Å². The standard InChI is InChI=1S/C25H23FN4O3/c1-17-22(24(31)29-14-12-28(13-15-29)21-4-2-3-10-27-21)23-20(33-17)9-11-30(25(23)32)16-18-5-7-19(26)8-6-18/h2-11H,12-16H2,1H3. The van der Waals surface area contributed by atoms with E-state index in [2.05, 4.69) is 9.88 Å². The molecular formula is C25H23FN4O3. The number of fused-ring (bicyclic) bond motifs is 1. The molecule has 4 heterocycles. The number of furan rings is 1. The first-order chi connectivity index (χ1) is 16.0. The average Bonchev–Trinajstić information content (AvgIpc) is 3.19. The molecule has 8 heteroatoms. The predicted octanol–water partition coefficient (Wildman–Crippen LogP) is 3.45. The Balaban J connectivity index is 1.42. The third-order valence-electron chi connectivity index (χ3n) is 6.01. The highest BCUT2D eigenvalue weighted by Crippen LogP contribution is 2.25. The van der Waals surface area contributed by atoms with Crippen molar-refractivity contribution in [1.82, 2.24) is 14.5 Å². The summed E-state index contributed by atoms with van der Waals surface area (Å²) in [5, 5.41) is 0.286. The molecule has 1 aromatic carbocycles. The number of carbonyl (C=O) groups excluding carboxylic acids is 1. The lowest BCUT2D eigenvalue weighted by atomic mass is 10.1. The van der Waals surface area contributed by atoms with E-state index in [4.69, 9.17) is 4.42 Å². The van der Waals surface area contributed by atoms with Crippen LogP contribution < -0.4 is 10.5 Å². The van der Waals surface area contributed by atoms with E-state index in [0.29, 0.717) is 43.1 Å². The Bertz CT molecular complexity index is 1350. The van der Waals surface area contributed by atoms with Gasteiger partial charge in [0.05, 0.1) is 17.5 Å². The monoisotopic (exact) mass is 446 g/mol. The van der Waals surface area contributed by atoms with Gasteiger partial charge in [0, 0.05) is 38.6 Å². The Labute approximate surface area is 189 Å². The van der Waals surface area contributed by atoms with Gasteiger partial charge in [-0.15, -0.1) is 0 Å². The zero-order valence-electron chi connectivity index (χ0n) is 18.2. The van der Waals surface area contributed by atoms with Crippen molar-refractivity contribution < 1.29 is 13.6 Å². The molecule has 0 saturated carbocycles. The van der Waals surface area contributed by atoms with E-state index in [1.165, 1.54) is 16.7 Å². The number of anilines is 1. The second-order valence-electron chi connectivity index (χ2n) is 8.11. The Morgan fingerprint density at radius 3 is 2.52 bits per heavy atom. The fourth-order valence-corrected chi connectivity index (χ4v) is 4.27. The summed E-state index contributed by atoms with van der Waals surface area (Å²) in [6, 6.07) is 13.5. The molecule has 168 valence electrons. The van der Waals surface area contributed by atoms with Gasteiger partial charge in [-0.1, -0.05) is 18.2 Å². The molecule has 1 aliphatic rings. The average molecular weight is 446 g/mol. The molecule has 0 unspecified atom stereocenters. The summed E-state index contributed by atoms with van der Waals surface area (Å²) in [7, 11) is 0. The number of pyridine rings is 2. The van der Waals surface area contributed by atoms with Crippen molar-refractivity contribution >= 4 is 22.7 Å². The smallest absolute Gasteiger partial charge is 0.262 e. The normalized spacial score (nSPS) is 14.1. The molecule has 1 amide bonds. The molecule has 1 aliphatic heterocycles. The molecule has 1 saturated heterocycles. The summed E-state index contributed by atoms with van der Waals surface area (Å²) < 4.78 is 20.5. The third-order valence-corrected chi connectivity index (χ3v) is 6.01. The largest absolute Gasteiger partial charge is 0.460 e. The van der Waals surface area contributed by atoms with E-state index < -0.39 is 0 Å². The predicted molar refractivity (Wildman–Crippen MR) is 123 cm³/mol. The number of amides is 1. The highest BCUT2D eigenvalue weighted by atomic mass is 19.1. The quantitative estimate of drug-likeness (QED) is 0.480. The highest BCUT2D eigenvalue weighted by Gasteiger charge is 2.28. The maximum absolute atomic E-state index is 13.4. The molecule has 33 heavy (non-hydrogen) atoms. The van der Waals surface area contributed by atoms with Gasteiger partial charge in [-0.05, 0) is 42.8 Å². The van der Waals surface area contributed by atoms with E-state index in [9.17, 15) is 14.0 Å². The maximum Gasteiger partial charge on any atom is 0.262 e. The molecule has 3 aromatic heterocycles. The van der Waals surface area contributed by atoms with Crippen LogP contribution in [-0.2, 0) is 6.54 Å². The van der Waals surface area contributed by atoms with Gasteiger partial charge in [0.25, 0.3) is 11.5 Å². The van der Waals surface area contributed by atoms with Crippen LogP contribution in [0.4, 0.5) is 10.2 Å². The van der Waals surface area contributed by atoms with Gasteiger partial charge in [-0.2, -0.15) is 0 Å². The van der Waals surface area contributed by atoms with Crippen molar-refractivity contribution in [2.45, 2.75) is 13.5 Å². The van der Waals surface area contributed by atoms with Gasteiger partial charge in [0.2, 0.25) is 0 Å². The number of benzene rings is 1. The van der Waals surface area contributed by atoms with Crippen LogP contribution >= 0.6 is 0 Å². The molecule has 0 aliphatic carbocycles. The number of hydrogen-bond acceptors (Lipinski definition) is 5. The zero-order valence-corrected chi connectivity index (χ0v) is 18.2. The van der Waals surface area contributed by atoms with E-state index in [1.54, 1.807) is 42.4 Å². The topological polar surface area (TPSA) is 71.6 Å². The van der Waals surface area contributed by atoms with Gasteiger partial charge in [-0.25, -0.2) is 9.37 Å². The minimum atomic E-state index is -0.331. The van der Waals surface area contributed by atoms with Crippen LogP contribution in [0.5, 0.6) is 0 Å². The van der Waals surface area contributed by atoms with Crippen LogP contribution in [-0.4, -0.2) is 46.5 Å². The van der Waals surface area contributed by atoms with E-state index in [0.717, 1.165) is 11.4 Å². The fraction of sp³-hybridized carbons (Fsp3) is 0.240. The second-order valence-corrected chi connectivity index (χ2v) is 8.11. The van der Waals surface area contributed by atoms with Crippen LogP contribution in [0.15, 0.2) is 70.1 Å². The molecule has 0 radical (unpaired) electrons. The maximum atomic E-state index is 13.4. The number of hydrogen-bond donors (Lipinski definition) is 0. The van der Waals surface area contributed by atoms with Gasteiger partial charge < -0.3 is 18.8 Å². The van der Waals surface area contributed by atoms with Crippen LogP contribution in [0.1, 0.15) is 21.7 Å². The van der Waals surface area contributed by atoms with E-state index >= 15 is 0 Å². The van der Waals surface area contributed by atoms with Gasteiger partial charge in [0.15, 0.2) is 0 Å². The van der Waals surface area contributed by atoms with Crippen LogP contribution in [0, 0.1) is 12.7 Å². The Kier molecular flexibility index (Phi) is 5.42. The van der Waals surface area contributed by atoms with E-state index in [-0.39, 0.29) is 29.2 Å². The van der Waals surface area contributed by atoms with Gasteiger partial charge >= 0.3 is 0 Å². The van der Waals surface area contributed by atoms with Crippen molar-refractivity contribution in [3.05, 3.63) is 94.0 Å². The zero-order chi connectivity index (χ0) is 22.9. The number of aromatic nitrogens is 2. The summed E-state index contributed by atoms with van der Waals surface area (Å²) in [5.74, 6) is 0.781. The summed E-state index contributed by atoms with van der Waals surface area (Å²) >= 11 is 0. The lowest BCUT2D eigenvalue weighted by Gasteiger charge is -2.35. The van der Waals surface area contributed by atoms with Crippen molar-refractivity contribution in [3.63, 3.8) is 0 Å². The summed E-state index contributed by atoms with van der Waals surface area (Å²) in [6.45, 7) is 4.35. The minimum absolute atomic E-state index is 0.205. The number of nitrogens with zero attached hydrogens (tertiary/aromatic N) is 4. The van der Waals surface area contributed by atoms with Gasteiger partial charge in [0.1, 0.15) is 23.0 Å². The van der Waals surface area contributed by atoms with Crippen molar-refractivity contribution in [1.29, 1.82) is 0 Å². The molecule has 0 bridgehead atoms. The molecule has 0 spiro atoms. The second kappa shape index (κ2) is 8.54. The van der Waals surface area contributed by atoms with Crippen LogP contribution in [0.2, 0.25) is 0 Å². The van der Waals surface area contributed by atoms with E-state index in [1.807, 2.05) is 18.2 Å².